The minimum atomic E-state index is -4.51. The van der Waals surface area contributed by atoms with Gasteiger partial charge in [0.05, 0.1) is 11.7 Å². The van der Waals surface area contributed by atoms with Crippen LogP contribution in [0.2, 0.25) is 0 Å². The van der Waals surface area contributed by atoms with Crippen molar-refractivity contribution in [2.24, 2.45) is 0 Å². The number of nitrogens with one attached hydrogen (secondary N) is 1. The topological polar surface area (TPSA) is 62.2 Å². The summed E-state index contributed by atoms with van der Waals surface area (Å²) in [5.41, 5.74) is -0.989. The molecule has 4 nitrogen and oxygen atoms in total. The van der Waals surface area contributed by atoms with Gasteiger partial charge in [-0.05, 0) is 25.5 Å². The second-order valence-corrected chi connectivity index (χ2v) is 3.82. The summed E-state index contributed by atoms with van der Waals surface area (Å²) in [5, 5.41) is 11.4. The minimum absolute atomic E-state index is 0.0496. The molecule has 100 valence electrons. The number of aliphatic hydroxyl groups is 1. The Hall–Kier alpha value is -1.63. The first-order valence-electron chi connectivity index (χ1n) is 5.30. The highest BCUT2D eigenvalue weighted by molar-refractivity contribution is 5.93. The number of carbonyl (C=O) groups excluding carboxylic acids is 1. The molecule has 1 atom stereocenters. The molecule has 1 amide bonds. The van der Waals surface area contributed by atoms with E-state index in [9.17, 15) is 18.0 Å². The van der Waals surface area contributed by atoms with Gasteiger partial charge in [0.1, 0.15) is 5.69 Å². The fourth-order valence-corrected chi connectivity index (χ4v) is 1.19. The summed E-state index contributed by atoms with van der Waals surface area (Å²) < 4.78 is 36.7. The zero-order valence-electron chi connectivity index (χ0n) is 9.66. The molecule has 0 spiro atoms. The Bertz CT molecular complexity index is 402. The van der Waals surface area contributed by atoms with Gasteiger partial charge >= 0.3 is 6.18 Å². The molecule has 1 heterocycles. The van der Waals surface area contributed by atoms with Crippen LogP contribution < -0.4 is 5.32 Å². The van der Waals surface area contributed by atoms with E-state index in [4.69, 9.17) is 5.11 Å². The SMILES string of the molecule is CC(O)CCNC(=O)c1ccc(C(F)(F)F)nc1. The third-order valence-corrected chi connectivity index (χ3v) is 2.16. The van der Waals surface area contributed by atoms with Gasteiger partial charge in [-0.15, -0.1) is 0 Å². The lowest BCUT2D eigenvalue weighted by molar-refractivity contribution is -0.141. The van der Waals surface area contributed by atoms with E-state index in [1.807, 2.05) is 0 Å². The van der Waals surface area contributed by atoms with Crippen LogP contribution in [-0.4, -0.2) is 28.6 Å². The zero-order chi connectivity index (χ0) is 13.8. The van der Waals surface area contributed by atoms with Crippen molar-refractivity contribution in [2.45, 2.75) is 25.6 Å². The number of nitrogens with zero attached hydrogens (tertiary/aromatic N) is 1. The third-order valence-electron chi connectivity index (χ3n) is 2.16. The summed E-state index contributed by atoms with van der Waals surface area (Å²) in [5.74, 6) is -0.517. The van der Waals surface area contributed by atoms with Crippen LogP contribution in [0.15, 0.2) is 18.3 Å². The van der Waals surface area contributed by atoms with Crippen molar-refractivity contribution in [3.05, 3.63) is 29.6 Å². The molecular weight excluding hydrogens is 249 g/mol. The van der Waals surface area contributed by atoms with Crippen molar-refractivity contribution in [1.29, 1.82) is 0 Å². The maximum atomic E-state index is 12.2. The molecule has 7 heteroatoms. The molecule has 0 aliphatic heterocycles. The van der Waals surface area contributed by atoms with Gasteiger partial charge < -0.3 is 10.4 Å². The largest absolute Gasteiger partial charge is 0.433 e. The highest BCUT2D eigenvalue weighted by atomic mass is 19.4. The monoisotopic (exact) mass is 262 g/mol. The maximum Gasteiger partial charge on any atom is 0.433 e. The normalized spacial score (nSPS) is 13.2. The van der Waals surface area contributed by atoms with E-state index in [0.717, 1.165) is 18.3 Å². The summed E-state index contributed by atoms with van der Waals surface area (Å²) in [6, 6.07) is 1.82. The van der Waals surface area contributed by atoms with Gasteiger partial charge in [0, 0.05) is 12.7 Å². The van der Waals surface area contributed by atoms with Gasteiger partial charge in [-0.25, -0.2) is 0 Å². The number of amides is 1. The van der Waals surface area contributed by atoms with E-state index in [2.05, 4.69) is 10.3 Å². The third kappa shape index (κ3) is 4.33. The molecule has 1 aromatic rings. The first-order valence-corrected chi connectivity index (χ1v) is 5.30. The number of aromatic nitrogens is 1. The Morgan fingerprint density at radius 2 is 2.17 bits per heavy atom. The maximum absolute atomic E-state index is 12.2. The van der Waals surface area contributed by atoms with Crippen LogP contribution in [0, 0.1) is 0 Å². The van der Waals surface area contributed by atoms with E-state index in [1.54, 1.807) is 6.92 Å². The summed E-state index contributed by atoms with van der Waals surface area (Å²) in [7, 11) is 0. The molecule has 0 saturated heterocycles. The van der Waals surface area contributed by atoms with Crippen molar-refractivity contribution in [3.63, 3.8) is 0 Å². The van der Waals surface area contributed by atoms with E-state index in [0.29, 0.717) is 6.42 Å². The van der Waals surface area contributed by atoms with E-state index in [-0.39, 0.29) is 12.1 Å². The molecule has 1 rings (SSSR count). The van der Waals surface area contributed by atoms with Crippen molar-refractivity contribution in [2.75, 3.05) is 6.54 Å². The number of hydrogen-bond acceptors (Lipinski definition) is 3. The number of hydrogen-bond donors (Lipinski definition) is 2. The van der Waals surface area contributed by atoms with Crippen molar-refractivity contribution >= 4 is 5.91 Å². The Morgan fingerprint density at radius 3 is 2.61 bits per heavy atom. The van der Waals surface area contributed by atoms with E-state index < -0.39 is 23.9 Å². The van der Waals surface area contributed by atoms with E-state index in [1.165, 1.54) is 0 Å². The summed E-state index contributed by atoms with van der Waals surface area (Å²) in [4.78, 5) is 14.7. The lowest BCUT2D eigenvalue weighted by Crippen LogP contribution is -2.26. The minimum Gasteiger partial charge on any atom is -0.393 e. The molecule has 0 fully saturated rings. The van der Waals surface area contributed by atoms with Gasteiger partial charge in [0.15, 0.2) is 0 Å². The standard InChI is InChI=1S/C11H13F3N2O2/c1-7(17)4-5-15-10(18)8-2-3-9(16-6-8)11(12,13)14/h2-3,6-7,17H,4-5H2,1H3,(H,15,18). The first kappa shape index (κ1) is 14.4. The van der Waals surface area contributed by atoms with Crippen LogP contribution in [-0.2, 0) is 6.18 Å². The molecule has 1 unspecified atom stereocenters. The average molecular weight is 262 g/mol. The smallest absolute Gasteiger partial charge is 0.393 e. The van der Waals surface area contributed by atoms with Crippen molar-refractivity contribution < 1.29 is 23.1 Å². The summed E-state index contributed by atoms with van der Waals surface area (Å²) in [6.45, 7) is 1.82. The molecule has 1 aromatic heterocycles. The van der Waals surface area contributed by atoms with Crippen LogP contribution in [0.1, 0.15) is 29.4 Å². The molecule has 0 aliphatic rings. The highest BCUT2D eigenvalue weighted by Crippen LogP contribution is 2.27. The molecule has 0 radical (unpaired) electrons. The Balaban J connectivity index is 2.60. The van der Waals surface area contributed by atoms with Crippen LogP contribution in [0.3, 0.4) is 0 Å². The number of carbonyl (C=O) groups is 1. The Kier molecular flexibility index (Phi) is 4.66. The summed E-state index contributed by atoms with van der Waals surface area (Å²) >= 11 is 0. The van der Waals surface area contributed by atoms with Crippen LogP contribution >= 0.6 is 0 Å². The number of alkyl halides is 3. The Labute approximate surface area is 102 Å². The fourth-order valence-electron chi connectivity index (χ4n) is 1.19. The fraction of sp³-hybridized carbons (Fsp3) is 0.455. The zero-order valence-corrected chi connectivity index (χ0v) is 9.66. The molecule has 18 heavy (non-hydrogen) atoms. The number of pyridine rings is 1. The summed E-state index contributed by atoms with van der Waals surface area (Å²) in [6.07, 6.45) is -3.81. The molecule has 0 bridgehead atoms. The van der Waals surface area contributed by atoms with E-state index >= 15 is 0 Å². The number of rotatable bonds is 4. The average Bonchev–Trinajstić information content (AvgIpc) is 2.27. The molecule has 0 aromatic carbocycles. The lowest BCUT2D eigenvalue weighted by Gasteiger charge is -2.08. The molecular formula is C11H13F3N2O2. The van der Waals surface area contributed by atoms with Gasteiger partial charge in [-0.1, -0.05) is 0 Å². The van der Waals surface area contributed by atoms with Gasteiger partial charge in [0.2, 0.25) is 0 Å². The molecule has 0 saturated carbocycles. The van der Waals surface area contributed by atoms with Crippen LogP contribution in [0.4, 0.5) is 13.2 Å². The predicted octanol–water partition coefficient (Wildman–Crippen LogP) is 1.60. The lowest BCUT2D eigenvalue weighted by atomic mass is 10.2. The van der Waals surface area contributed by atoms with Crippen molar-refractivity contribution in [3.8, 4) is 0 Å². The van der Waals surface area contributed by atoms with Crippen LogP contribution in [0.5, 0.6) is 0 Å². The first-order chi connectivity index (χ1) is 8.30. The predicted molar refractivity (Wildman–Crippen MR) is 57.9 cm³/mol. The van der Waals surface area contributed by atoms with Gasteiger partial charge in [-0.2, -0.15) is 13.2 Å². The van der Waals surface area contributed by atoms with Crippen LogP contribution in [0.25, 0.3) is 0 Å². The van der Waals surface area contributed by atoms with Gasteiger partial charge in [0.25, 0.3) is 5.91 Å². The Morgan fingerprint density at radius 1 is 1.50 bits per heavy atom. The second kappa shape index (κ2) is 5.81. The van der Waals surface area contributed by atoms with Crippen molar-refractivity contribution in [1.82, 2.24) is 10.3 Å². The van der Waals surface area contributed by atoms with Gasteiger partial charge in [-0.3, -0.25) is 9.78 Å². The quantitative estimate of drug-likeness (QED) is 0.866. The number of aliphatic hydroxyl groups excluding tert-OH is 1. The molecule has 0 aliphatic carbocycles. The second-order valence-electron chi connectivity index (χ2n) is 3.82. The number of halogens is 3. The highest BCUT2D eigenvalue weighted by Gasteiger charge is 2.32. The molecule has 2 N–H and O–H groups in total.